The van der Waals surface area contributed by atoms with E-state index in [0.29, 0.717) is 5.69 Å². The number of benzene rings is 2. The summed E-state index contributed by atoms with van der Waals surface area (Å²) in [7, 11) is 0. The van der Waals surface area contributed by atoms with E-state index in [2.05, 4.69) is 5.32 Å². The van der Waals surface area contributed by atoms with Crippen LogP contribution in [0, 0.1) is 11.6 Å². The first-order chi connectivity index (χ1) is 8.58. The fourth-order valence-electron chi connectivity index (χ4n) is 1.42. The number of nitrogens with one attached hydrogen (secondary N) is 1. The number of hydrogen-bond acceptors (Lipinski definition) is 1. The highest BCUT2D eigenvalue weighted by Gasteiger charge is 2.11. The van der Waals surface area contributed by atoms with Crippen LogP contribution in [0.4, 0.5) is 14.5 Å². The van der Waals surface area contributed by atoms with Crippen LogP contribution >= 0.6 is 11.6 Å². The molecule has 0 aliphatic rings. The number of amides is 1. The van der Waals surface area contributed by atoms with E-state index in [9.17, 15) is 13.6 Å². The van der Waals surface area contributed by atoms with Gasteiger partial charge >= 0.3 is 0 Å². The monoisotopic (exact) mass is 267 g/mol. The summed E-state index contributed by atoms with van der Waals surface area (Å²) >= 11 is 5.57. The van der Waals surface area contributed by atoms with E-state index < -0.39 is 17.5 Å². The zero-order valence-electron chi connectivity index (χ0n) is 9.08. The Hall–Kier alpha value is -1.94. The first-order valence-electron chi connectivity index (χ1n) is 5.09. The van der Waals surface area contributed by atoms with Crippen LogP contribution in [-0.4, -0.2) is 5.91 Å². The van der Waals surface area contributed by atoms with E-state index in [1.807, 2.05) is 0 Å². The second kappa shape index (κ2) is 5.14. The Morgan fingerprint density at radius 1 is 1.06 bits per heavy atom. The molecule has 0 unspecified atom stereocenters. The third-order valence-corrected chi connectivity index (χ3v) is 2.59. The van der Waals surface area contributed by atoms with E-state index in [0.717, 1.165) is 6.07 Å². The highest BCUT2D eigenvalue weighted by molar-refractivity contribution is 6.31. The molecule has 0 saturated heterocycles. The van der Waals surface area contributed by atoms with Crippen molar-refractivity contribution in [3.05, 3.63) is 64.7 Å². The molecular weight excluding hydrogens is 260 g/mol. The molecule has 5 heteroatoms. The van der Waals surface area contributed by atoms with Gasteiger partial charge in [-0.3, -0.25) is 4.79 Å². The minimum absolute atomic E-state index is 0.0852. The van der Waals surface area contributed by atoms with Gasteiger partial charge in [0.05, 0.1) is 10.6 Å². The largest absolute Gasteiger partial charge is 0.322 e. The molecule has 1 N–H and O–H groups in total. The molecule has 0 spiro atoms. The second-order valence-corrected chi connectivity index (χ2v) is 3.97. The quantitative estimate of drug-likeness (QED) is 0.879. The molecule has 1 amide bonds. The lowest BCUT2D eigenvalue weighted by molar-refractivity contribution is 0.102. The van der Waals surface area contributed by atoms with Gasteiger partial charge in [-0.05, 0) is 30.3 Å². The zero-order chi connectivity index (χ0) is 13.1. The summed E-state index contributed by atoms with van der Waals surface area (Å²) < 4.78 is 26.3. The molecule has 2 aromatic rings. The van der Waals surface area contributed by atoms with E-state index in [1.165, 1.54) is 30.3 Å². The molecule has 0 aliphatic heterocycles. The maximum absolute atomic E-state index is 13.3. The van der Waals surface area contributed by atoms with Gasteiger partial charge in [0.2, 0.25) is 0 Å². The van der Waals surface area contributed by atoms with Crippen LogP contribution in [0.25, 0.3) is 0 Å². The van der Waals surface area contributed by atoms with Crippen molar-refractivity contribution in [2.75, 3.05) is 5.32 Å². The van der Waals surface area contributed by atoms with Crippen LogP contribution in [0.5, 0.6) is 0 Å². The molecule has 0 saturated carbocycles. The summed E-state index contributed by atoms with van der Waals surface area (Å²) in [5.74, 6) is -1.82. The molecule has 0 atom stereocenters. The molecule has 18 heavy (non-hydrogen) atoms. The molecule has 0 aromatic heterocycles. The van der Waals surface area contributed by atoms with Crippen LogP contribution in [0.1, 0.15) is 10.4 Å². The molecule has 0 radical (unpaired) electrons. The van der Waals surface area contributed by atoms with Crippen molar-refractivity contribution in [2.24, 2.45) is 0 Å². The summed E-state index contributed by atoms with van der Waals surface area (Å²) in [5, 5.41) is 2.33. The summed E-state index contributed by atoms with van der Waals surface area (Å²) in [5.41, 5.74) is 0.215. The van der Waals surface area contributed by atoms with Gasteiger partial charge in [0.25, 0.3) is 5.91 Å². The maximum Gasteiger partial charge on any atom is 0.258 e. The number of carbonyl (C=O) groups excluding carboxylic acids is 1. The van der Waals surface area contributed by atoms with Crippen molar-refractivity contribution in [2.45, 2.75) is 0 Å². The molecule has 2 aromatic carbocycles. The average molecular weight is 268 g/mol. The van der Waals surface area contributed by atoms with Gasteiger partial charge in [0.15, 0.2) is 0 Å². The maximum atomic E-state index is 13.3. The zero-order valence-corrected chi connectivity index (χ0v) is 9.84. The number of hydrogen-bond donors (Lipinski definition) is 1. The lowest BCUT2D eigenvalue weighted by atomic mass is 10.2. The molecule has 0 heterocycles. The summed E-state index contributed by atoms with van der Waals surface area (Å²) in [6, 6.07) is 9.31. The fourth-order valence-corrected chi connectivity index (χ4v) is 1.60. The Morgan fingerprint density at radius 3 is 2.44 bits per heavy atom. The predicted molar refractivity (Wildman–Crippen MR) is 65.8 cm³/mol. The lowest BCUT2D eigenvalue weighted by Gasteiger charge is -2.06. The van der Waals surface area contributed by atoms with E-state index >= 15 is 0 Å². The van der Waals surface area contributed by atoms with Crippen molar-refractivity contribution < 1.29 is 13.6 Å². The van der Waals surface area contributed by atoms with Gasteiger partial charge in [-0.1, -0.05) is 23.7 Å². The Kier molecular flexibility index (Phi) is 3.58. The average Bonchev–Trinajstić information content (AvgIpc) is 2.34. The Balaban J connectivity index is 2.22. The topological polar surface area (TPSA) is 29.1 Å². The van der Waals surface area contributed by atoms with Crippen molar-refractivity contribution >= 4 is 23.2 Å². The van der Waals surface area contributed by atoms with Crippen molar-refractivity contribution in [3.63, 3.8) is 0 Å². The number of anilines is 1. The summed E-state index contributed by atoms with van der Waals surface area (Å²) in [6.07, 6.45) is 0. The Labute approximate surface area is 107 Å². The Bertz CT molecular complexity index is 601. The van der Waals surface area contributed by atoms with Gasteiger partial charge < -0.3 is 5.32 Å². The van der Waals surface area contributed by atoms with Crippen molar-refractivity contribution in [1.29, 1.82) is 0 Å². The van der Waals surface area contributed by atoms with Crippen LogP contribution in [-0.2, 0) is 0 Å². The van der Waals surface area contributed by atoms with Gasteiger partial charge in [0.1, 0.15) is 11.6 Å². The SMILES string of the molecule is O=C(Nc1ccc(F)c(Cl)c1)c1ccccc1F. The molecule has 2 nitrogen and oxygen atoms in total. The molecule has 0 bridgehead atoms. The molecule has 92 valence electrons. The van der Waals surface area contributed by atoms with E-state index in [1.54, 1.807) is 6.07 Å². The second-order valence-electron chi connectivity index (χ2n) is 3.56. The number of rotatable bonds is 2. The van der Waals surface area contributed by atoms with E-state index in [-0.39, 0.29) is 10.6 Å². The van der Waals surface area contributed by atoms with Gasteiger partial charge in [-0.2, -0.15) is 0 Å². The molecular formula is C13H8ClF2NO. The highest BCUT2D eigenvalue weighted by atomic mass is 35.5. The summed E-state index contributed by atoms with van der Waals surface area (Å²) in [6.45, 7) is 0. The molecule has 0 aliphatic carbocycles. The minimum Gasteiger partial charge on any atom is -0.322 e. The minimum atomic E-state index is -0.622. The van der Waals surface area contributed by atoms with Crippen LogP contribution in [0.2, 0.25) is 5.02 Å². The van der Waals surface area contributed by atoms with Gasteiger partial charge in [-0.25, -0.2) is 8.78 Å². The van der Waals surface area contributed by atoms with Crippen molar-refractivity contribution in [3.8, 4) is 0 Å². The van der Waals surface area contributed by atoms with E-state index in [4.69, 9.17) is 11.6 Å². The predicted octanol–water partition coefficient (Wildman–Crippen LogP) is 3.87. The van der Waals surface area contributed by atoms with Crippen LogP contribution in [0.15, 0.2) is 42.5 Å². The molecule has 2 rings (SSSR count). The first kappa shape index (κ1) is 12.5. The third-order valence-electron chi connectivity index (χ3n) is 2.30. The number of carbonyl (C=O) groups is 1. The normalized spacial score (nSPS) is 10.2. The first-order valence-corrected chi connectivity index (χ1v) is 5.46. The number of halogens is 3. The van der Waals surface area contributed by atoms with Gasteiger partial charge in [-0.15, -0.1) is 0 Å². The fraction of sp³-hybridized carbons (Fsp3) is 0. The Morgan fingerprint density at radius 2 is 1.78 bits per heavy atom. The summed E-state index contributed by atoms with van der Waals surface area (Å²) in [4.78, 5) is 11.7. The third kappa shape index (κ3) is 2.65. The lowest BCUT2D eigenvalue weighted by Crippen LogP contribution is -2.13. The van der Waals surface area contributed by atoms with Gasteiger partial charge in [0, 0.05) is 5.69 Å². The van der Waals surface area contributed by atoms with Crippen LogP contribution < -0.4 is 5.32 Å². The standard InChI is InChI=1S/C13H8ClF2NO/c14-10-7-8(5-6-12(10)16)17-13(18)9-3-1-2-4-11(9)15/h1-7H,(H,17,18). The molecule has 0 fully saturated rings. The van der Waals surface area contributed by atoms with Crippen molar-refractivity contribution in [1.82, 2.24) is 0 Å². The van der Waals surface area contributed by atoms with Crippen LogP contribution in [0.3, 0.4) is 0 Å². The smallest absolute Gasteiger partial charge is 0.258 e. The highest BCUT2D eigenvalue weighted by Crippen LogP contribution is 2.20.